The lowest BCUT2D eigenvalue weighted by molar-refractivity contribution is 0.303. The molecule has 19 heavy (non-hydrogen) atoms. The van der Waals surface area contributed by atoms with Crippen LogP contribution in [0, 0.1) is 0 Å². The van der Waals surface area contributed by atoms with Crippen molar-refractivity contribution in [1.29, 1.82) is 0 Å². The third-order valence-electron chi connectivity index (χ3n) is 2.67. The molecule has 0 fully saturated rings. The first-order valence-corrected chi connectivity index (χ1v) is 6.61. The van der Waals surface area contributed by atoms with Crippen molar-refractivity contribution in [1.82, 2.24) is 0 Å². The highest BCUT2D eigenvalue weighted by Gasteiger charge is 2.05. The van der Waals surface area contributed by atoms with Gasteiger partial charge in [0.05, 0.1) is 14.2 Å². The number of ether oxygens (including phenoxy) is 3. The molecule has 0 aromatic heterocycles. The van der Waals surface area contributed by atoms with Crippen molar-refractivity contribution in [3.63, 3.8) is 0 Å². The molecule has 0 unspecified atom stereocenters. The van der Waals surface area contributed by atoms with E-state index in [9.17, 15) is 0 Å². The molecule has 3 nitrogen and oxygen atoms in total. The van der Waals surface area contributed by atoms with Crippen molar-refractivity contribution in [3.8, 4) is 17.2 Å². The highest BCUT2D eigenvalue weighted by atomic mass is 79.9. The van der Waals surface area contributed by atoms with Crippen molar-refractivity contribution in [2.45, 2.75) is 6.61 Å². The first-order valence-electron chi connectivity index (χ1n) is 5.82. The van der Waals surface area contributed by atoms with E-state index in [1.165, 1.54) is 0 Å². The smallest absolute Gasteiger partial charge is 0.161 e. The first-order chi connectivity index (χ1) is 9.22. The molecule has 0 saturated carbocycles. The topological polar surface area (TPSA) is 27.7 Å². The fourth-order valence-corrected chi connectivity index (χ4v) is 1.93. The van der Waals surface area contributed by atoms with Gasteiger partial charge in [-0.05, 0) is 42.0 Å². The molecule has 4 heteroatoms. The van der Waals surface area contributed by atoms with Crippen LogP contribution in [0.3, 0.4) is 0 Å². The Labute approximate surface area is 121 Å². The number of benzene rings is 2. The third-order valence-corrected chi connectivity index (χ3v) is 3.20. The molecule has 2 rings (SSSR count). The van der Waals surface area contributed by atoms with Crippen molar-refractivity contribution in [2.24, 2.45) is 0 Å². The van der Waals surface area contributed by atoms with Gasteiger partial charge < -0.3 is 14.2 Å². The number of rotatable bonds is 5. The quantitative estimate of drug-likeness (QED) is 0.831. The summed E-state index contributed by atoms with van der Waals surface area (Å²) in [7, 11) is 3.24. The summed E-state index contributed by atoms with van der Waals surface area (Å²) in [5, 5.41) is 0. The predicted octanol–water partition coefficient (Wildman–Crippen LogP) is 4.05. The van der Waals surface area contributed by atoms with Gasteiger partial charge in [0.25, 0.3) is 0 Å². The van der Waals surface area contributed by atoms with E-state index in [2.05, 4.69) is 15.9 Å². The Hall–Kier alpha value is -1.68. The van der Waals surface area contributed by atoms with E-state index in [0.717, 1.165) is 21.5 Å². The highest BCUT2D eigenvalue weighted by molar-refractivity contribution is 9.10. The van der Waals surface area contributed by atoms with Gasteiger partial charge in [-0.25, -0.2) is 0 Å². The Balaban J connectivity index is 2.05. The molecule has 0 radical (unpaired) electrons. The van der Waals surface area contributed by atoms with E-state index in [-0.39, 0.29) is 0 Å². The number of hydrogen-bond donors (Lipinski definition) is 0. The Morgan fingerprint density at radius 1 is 0.895 bits per heavy atom. The number of methoxy groups -OCH3 is 2. The predicted molar refractivity (Wildman–Crippen MR) is 78.0 cm³/mol. The first kappa shape index (κ1) is 13.7. The average molecular weight is 323 g/mol. The summed E-state index contributed by atoms with van der Waals surface area (Å²) < 4.78 is 17.2. The zero-order valence-corrected chi connectivity index (χ0v) is 12.4. The van der Waals surface area contributed by atoms with Crippen LogP contribution in [0.2, 0.25) is 0 Å². The fourth-order valence-electron chi connectivity index (χ4n) is 1.67. The van der Waals surface area contributed by atoms with E-state index in [1.54, 1.807) is 14.2 Å². The van der Waals surface area contributed by atoms with Crippen LogP contribution in [-0.4, -0.2) is 14.2 Å². The molecule has 0 bridgehead atoms. The van der Waals surface area contributed by atoms with Gasteiger partial charge in [0.1, 0.15) is 12.4 Å². The molecule has 0 atom stereocenters. The Bertz CT molecular complexity index is 538. The molecule has 0 heterocycles. The third kappa shape index (κ3) is 3.64. The summed E-state index contributed by atoms with van der Waals surface area (Å²) in [6.45, 7) is 0.488. The number of hydrogen-bond acceptors (Lipinski definition) is 3. The SMILES string of the molecule is COc1ccc(COc2ccc(Br)cc2)cc1OC. The largest absolute Gasteiger partial charge is 0.493 e. The molecular formula is C15H15BrO3. The van der Waals surface area contributed by atoms with Gasteiger partial charge in [-0.2, -0.15) is 0 Å². The van der Waals surface area contributed by atoms with E-state index < -0.39 is 0 Å². The molecule has 0 saturated heterocycles. The van der Waals surface area contributed by atoms with Gasteiger partial charge >= 0.3 is 0 Å². The zero-order valence-electron chi connectivity index (χ0n) is 10.9. The lowest BCUT2D eigenvalue weighted by Gasteiger charge is -2.10. The maximum absolute atomic E-state index is 5.70. The zero-order chi connectivity index (χ0) is 13.7. The van der Waals surface area contributed by atoms with Gasteiger partial charge in [-0.3, -0.25) is 0 Å². The van der Waals surface area contributed by atoms with Crippen LogP contribution in [0.15, 0.2) is 46.9 Å². The van der Waals surface area contributed by atoms with Gasteiger partial charge in [-0.15, -0.1) is 0 Å². The van der Waals surface area contributed by atoms with E-state index in [1.807, 2.05) is 42.5 Å². The Morgan fingerprint density at radius 2 is 1.58 bits per heavy atom. The maximum Gasteiger partial charge on any atom is 0.161 e. The van der Waals surface area contributed by atoms with Gasteiger partial charge in [0.2, 0.25) is 0 Å². The molecule has 0 spiro atoms. The van der Waals surface area contributed by atoms with Gasteiger partial charge in [0, 0.05) is 4.47 Å². The lowest BCUT2D eigenvalue weighted by atomic mass is 10.2. The minimum atomic E-state index is 0.488. The van der Waals surface area contributed by atoms with Gasteiger partial charge in [-0.1, -0.05) is 22.0 Å². The van der Waals surface area contributed by atoms with E-state index in [0.29, 0.717) is 12.4 Å². The van der Waals surface area contributed by atoms with Crippen molar-refractivity contribution < 1.29 is 14.2 Å². The van der Waals surface area contributed by atoms with Crippen LogP contribution in [0.4, 0.5) is 0 Å². The van der Waals surface area contributed by atoms with Crippen LogP contribution in [0.1, 0.15) is 5.56 Å². The monoisotopic (exact) mass is 322 g/mol. The van der Waals surface area contributed by atoms with E-state index >= 15 is 0 Å². The van der Waals surface area contributed by atoms with Crippen LogP contribution in [-0.2, 0) is 6.61 Å². The minimum absolute atomic E-state index is 0.488. The second kappa shape index (κ2) is 6.48. The van der Waals surface area contributed by atoms with Gasteiger partial charge in [0.15, 0.2) is 11.5 Å². The average Bonchev–Trinajstić information content (AvgIpc) is 2.46. The Morgan fingerprint density at radius 3 is 2.21 bits per heavy atom. The van der Waals surface area contributed by atoms with Crippen LogP contribution >= 0.6 is 15.9 Å². The fraction of sp³-hybridized carbons (Fsp3) is 0.200. The lowest BCUT2D eigenvalue weighted by Crippen LogP contribution is -1.97. The van der Waals surface area contributed by atoms with Crippen LogP contribution in [0.5, 0.6) is 17.2 Å². The normalized spacial score (nSPS) is 10.1. The van der Waals surface area contributed by atoms with Crippen molar-refractivity contribution in [3.05, 3.63) is 52.5 Å². The van der Waals surface area contributed by atoms with Crippen LogP contribution in [0.25, 0.3) is 0 Å². The van der Waals surface area contributed by atoms with Crippen molar-refractivity contribution >= 4 is 15.9 Å². The summed E-state index contributed by atoms with van der Waals surface area (Å²) in [5.41, 5.74) is 1.03. The second-order valence-corrected chi connectivity index (χ2v) is 4.85. The highest BCUT2D eigenvalue weighted by Crippen LogP contribution is 2.28. The minimum Gasteiger partial charge on any atom is -0.493 e. The van der Waals surface area contributed by atoms with Crippen LogP contribution < -0.4 is 14.2 Å². The van der Waals surface area contributed by atoms with E-state index in [4.69, 9.17) is 14.2 Å². The summed E-state index contributed by atoms with van der Waals surface area (Å²) >= 11 is 3.39. The standard InChI is InChI=1S/C15H15BrO3/c1-17-14-8-3-11(9-15(14)18-2)10-19-13-6-4-12(16)5-7-13/h3-9H,10H2,1-2H3. The molecule has 0 N–H and O–H groups in total. The van der Waals surface area contributed by atoms with Crippen molar-refractivity contribution in [2.75, 3.05) is 14.2 Å². The molecule has 0 aliphatic heterocycles. The molecule has 0 aliphatic carbocycles. The summed E-state index contributed by atoms with van der Waals surface area (Å²) in [5.74, 6) is 2.26. The molecule has 2 aromatic carbocycles. The molecule has 100 valence electrons. The molecule has 2 aromatic rings. The second-order valence-electron chi connectivity index (χ2n) is 3.93. The summed E-state index contributed by atoms with van der Waals surface area (Å²) in [4.78, 5) is 0. The molecule has 0 aliphatic rings. The summed E-state index contributed by atoms with van der Waals surface area (Å²) in [6, 6.07) is 13.5. The summed E-state index contributed by atoms with van der Waals surface area (Å²) in [6.07, 6.45) is 0. The molecule has 0 amide bonds. The maximum atomic E-state index is 5.70. The Kier molecular flexibility index (Phi) is 4.68. The molecular weight excluding hydrogens is 308 g/mol. The number of halogens is 1.